The Morgan fingerprint density at radius 3 is 2.89 bits per heavy atom. The Morgan fingerprint density at radius 2 is 2.26 bits per heavy atom. The average Bonchev–Trinajstić information content (AvgIpc) is 2.86. The highest BCUT2D eigenvalue weighted by molar-refractivity contribution is 7.99. The summed E-state index contributed by atoms with van der Waals surface area (Å²) in [6, 6.07) is 0.528. The van der Waals surface area contributed by atoms with Crippen LogP contribution in [0.5, 0.6) is 0 Å². The third-order valence-electron chi connectivity index (χ3n) is 3.44. The van der Waals surface area contributed by atoms with Crippen molar-refractivity contribution in [3.05, 3.63) is 11.1 Å². The lowest BCUT2D eigenvalue weighted by molar-refractivity contribution is -0.139. The van der Waals surface area contributed by atoms with E-state index in [-0.39, 0.29) is 12.4 Å². The normalized spacial score (nSPS) is 23.1. The summed E-state index contributed by atoms with van der Waals surface area (Å²) in [7, 11) is 1.40. The average molecular weight is 300 g/mol. The summed E-state index contributed by atoms with van der Waals surface area (Å²) in [4.78, 5) is 15.6. The third kappa shape index (κ3) is 4.38. The number of ether oxygens (including phenoxy) is 1. The van der Waals surface area contributed by atoms with Crippen molar-refractivity contribution in [2.45, 2.75) is 43.4 Å². The molecule has 0 unspecified atom stereocenters. The molecule has 0 aromatic carbocycles. The second-order valence-corrected chi connectivity index (χ2v) is 6.75. The van der Waals surface area contributed by atoms with Gasteiger partial charge in [-0.25, -0.2) is 4.98 Å². The van der Waals surface area contributed by atoms with Gasteiger partial charge in [-0.3, -0.25) is 4.79 Å². The molecule has 0 amide bonds. The zero-order chi connectivity index (χ0) is 13.7. The second-order valence-electron chi connectivity index (χ2n) is 4.75. The molecule has 0 bridgehead atoms. The molecule has 19 heavy (non-hydrogen) atoms. The fourth-order valence-electron chi connectivity index (χ4n) is 2.29. The van der Waals surface area contributed by atoms with Crippen LogP contribution in [0.15, 0.2) is 5.38 Å². The van der Waals surface area contributed by atoms with Crippen molar-refractivity contribution in [3.63, 3.8) is 0 Å². The number of rotatable bonds is 5. The van der Waals surface area contributed by atoms with E-state index in [1.807, 2.05) is 17.1 Å². The number of hydrogen-bond acceptors (Lipinski definition) is 6. The van der Waals surface area contributed by atoms with E-state index < -0.39 is 0 Å². The van der Waals surface area contributed by atoms with E-state index in [1.54, 1.807) is 11.3 Å². The van der Waals surface area contributed by atoms with Crippen LogP contribution in [0.3, 0.4) is 0 Å². The molecule has 1 heterocycles. The van der Waals surface area contributed by atoms with Crippen LogP contribution in [-0.2, 0) is 16.0 Å². The fraction of sp³-hybridized carbons (Fsp3) is 0.692. The number of hydrogen-bond donors (Lipinski definition) is 1. The Balaban J connectivity index is 1.82. The maximum atomic E-state index is 11.2. The maximum absolute atomic E-state index is 11.2. The molecule has 1 fully saturated rings. The predicted molar refractivity (Wildman–Crippen MR) is 81.0 cm³/mol. The zero-order valence-corrected chi connectivity index (χ0v) is 13.0. The number of thioether (sulfide) groups is 1. The predicted octanol–water partition coefficient (Wildman–Crippen LogP) is 2.94. The monoisotopic (exact) mass is 300 g/mol. The van der Waals surface area contributed by atoms with Gasteiger partial charge in [0.25, 0.3) is 0 Å². The number of esters is 1. The quantitative estimate of drug-likeness (QED) is 0.847. The van der Waals surface area contributed by atoms with E-state index in [4.69, 9.17) is 0 Å². The third-order valence-corrected chi connectivity index (χ3v) is 5.40. The minimum atomic E-state index is -0.239. The molecule has 0 spiro atoms. The van der Waals surface area contributed by atoms with Crippen LogP contribution in [0, 0.1) is 0 Å². The SMILES string of the molecule is COC(=O)Cc1csc(NC2CCC(SC)CC2)n1. The van der Waals surface area contributed by atoms with Crippen molar-refractivity contribution in [2.24, 2.45) is 0 Å². The van der Waals surface area contributed by atoms with E-state index >= 15 is 0 Å². The molecule has 0 radical (unpaired) electrons. The molecule has 1 aromatic rings. The number of anilines is 1. The minimum Gasteiger partial charge on any atom is -0.469 e. The van der Waals surface area contributed by atoms with Crippen molar-refractivity contribution < 1.29 is 9.53 Å². The van der Waals surface area contributed by atoms with Gasteiger partial charge in [0.05, 0.1) is 19.2 Å². The summed E-state index contributed by atoms with van der Waals surface area (Å²) in [5.74, 6) is -0.239. The molecule has 0 atom stereocenters. The van der Waals surface area contributed by atoms with Gasteiger partial charge in [-0.1, -0.05) is 0 Å². The Kier molecular flexibility index (Phi) is 5.51. The van der Waals surface area contributed by atoms with E-state index in [9.17, 15) is 4.79 Å². The molecule has 6 heteroatoms. The lowest BCUT2D eigenvalue weighted by atomic mass is 9.95. The highest BCUT2D eigenvalue weighted by Gasteiger charge is 2.21. The van der Waals surface area contributed by atoms with Gasteiger partial charge in [-0.05, 0) is 31.9 Å². The molecule has 1 N–H and O–H groups in total. The molecule has 1 saturated carbocycles. The number of carbonyl (C=O) groups excluding carboxylic acids is 1. The van der Waals surface area contributed by atoms with Crippen molar-refractivity contribution in [1.29, 1.82) is 0 Å². The lowest BCUT2D eigenvalue weighted by Gasteiger charge is -2.27. The minimum absolute atomic E-state index is 0.239. The van der Waals surface area contributed by atoms with E-state index in [0.717, 1.165) is 16.1 Å². The second kappa shape index (κ2) is 7.14. The Hall–Kier alpha value is -0.750. The Labute approximate surface area is 122 Å². The molecule has 1 aliphatic carbocycles. The van der Waals surface area contributed by atoms with Crippen LogP contribution in [0.4, 0.5) is 5.13 Å². The van der Waals surface area contributed by atoms with Crippen molar-refractivity contribution >= 4 is 34.2 Å². The van der Waals surface area contributed by atoms with Gasteiger partial charge < -0.3 is 10.1 Å². The van der Waals surface area contributed by atoms with Crippen LogP contribution in [-0.4, -0.2) is 35.6 Å². The number of carbonyl (C=O) groups is 1. The largest absolute Gasteiger partial charge is 0.469 e. The highest BCUT2D eigenvalue weighted by atomic mass is 32.2. The van der Waals surface area contributed by atoms with Gasteiger partial charge in [0.15, 0.2) is 5.13 Å². The molecular formula is C13H20N2O2S2. The smallest absolute Gasteiger partial charge is 0.311 e. The number of thiazole rings is 1. The fourth-order valence-corrected chi connectivity index (χ4v) is 3.82. The van der Waals surface area contributed by atoms with Crippen LogP contribution in [0.1, 0.15) is 31.4 Å². The van der Waals surface area contributed by atoms with Crippen LogP contribution in [0.2, 0.25) is 0 Å². The van der Waals surface area contributed by atoms with Gasteiger partial charge in [-0.2, -0.15) is 11.8 Å². The molecule has 4 nitrogen and oxygen atoms in total. The number of nitrogens with zero attached hydrogens (tertiary/aromatic N) is 1. The van der Waals surface area contributed by atoms with Crippen LogP contribution in [0.25, 0.3) is 0 Å². The van der Waals surface area contributed by atoms with E-state index in [0.29, 0.717) is 6.04 Å². The summed E-state index contributed by atoms with van der Waals surface area (Å²) in [5.41, 5.74) is 0.789. The number of methoxy groups -OCH3 is 1. The van der Waals surface area contributed by atoms with Crippen LogP contribution >= 0.6 is 23.1 Å². The van der Waals surface area contributed by atoms with Gasteiger partial charge in [0.1, 0.15) is 0 Å². The first kappa shape index (κ1) is 14.7. The first-order valence-corrected chi connectivity index (χ1v) is 8.68. The standard InChI is InChI=1S/C13H20N2O2S2/c1-17-12(16)7-10-8-19-13(15-10)14-9-3-5-11(18-2)6-4-9/h8-9,11H,3-7H2,1-2H3,(H,14,15). The van der Waals surface area contributed by atoms with Gasteiger partial charge in [-0.15, -0.1) is 11.3 Å². The highest BCUT2D eigenvalue weighted by Crippen LogP contribution is 2.29. The topological polar surface area (TPSA) is 51.2 Å². The van der Waals surface area contributed by atoms with Crippen molar-refractivity contribution in [3.8, 4) is 0 Å². The maximum Gasteiger partial charge on any atom is 0.311 e. The lowest BCUT2D eigenvalue weighted by Crippen LogP contribution is -2.26. The number of nitrogens with one attached hydrogen (secondary N) is 1. The van der Waals surface area contributed by atoms with Crippen LogP contribution < -0.4 is 5.32 Å². The first-order valence-electron chi connectivity index (χ1n) is 6.51. The van der Waals surface area contributed by atoms with Gasteiger partial charge >= 0.3 is 5.97 Å². The Bertz CT molecular complexity index is 415. The van der Waals surface area contributed by atoms with E-state index in [2.05, 4.69) is 21.3 Å². The van der Waals surface area contributed by atoms with E-state index in [1.165, 1.54) is 32.8 Å². The molecule has 1 aliphatic rings. The zero-order valence-electron chi connectivity index (χ0n) is 11.3. The summed E-state index contributed by atoms with van der Waals surface area (Å²) in [6.45, 7) is 0. The van der Waals surface area contributed by atoms with Crippen molar-refractivity contribution in [1.82, 2.24) is 4.98 Å². The van der Waals surface area contributed by atoms with Crippen molar-refractivity contribution in [2.75, 3.05) is 18.7 Å². The summed E-state index contributed by atoms with van der Waals surface area (Å²) >= 11 is 3.54. The summed E-state index contributed by atoms with van der Waals surface area (Å²) < 4.78 is 4.64. The Morgan fingerprint density at radius 1 is 1.53 bits per heavy atom. The molecular weight excluding hydrogens is 280 g/mol. The summed E-state index contributed by atoms with van der Waals surface area (Å²) in [5, 5.41) is 7.15. The molecule has 0 aliphatic heterocycles. The molecule has 1 aromatic heterocycles. The van der Waals surface area contributed by atoms with Gasteiger partial charge in [0.2, 0.25) is 0 Å². The molecule has 0 saturated heterocycles. The summed E-state index contributed by atoms with van der Waals surface area (Å²) in [6.07, 6.45) is 7.42. The number of aromatic nitrogens is 1. The molecule has 2 rings (SSSR count). The molecule has 106 valence electrons. The van der Waals surface area contributed by atoms with Gasteiger partial charge in [0, 0.05) is 16.7 Å². The first-order chi connectivity index (χ1) is 9.21.